The third kappa shape index (κ3) is 2.90. The van der Waals surface area contributed by atoms with Gasteiger partial charge < -0.3 is 5.11 Å². The van der Waals surface area contributed by atoms with Crippen LogP contribution in [0.3, 0.4) is 0 Å². The number of aromatic nitrogens is 6. The third-order valence-corrected chi connectivity index (χ3v) is 5.37. The van der Waals surface area contributed by atoms with Gasteiger partial charge in [-0.3, -0.25) is 23.9 Å². The molecule has 0 saturated heterocycles. The quantitative estimate of drug-likeness (QED) is 0.484. The first-order valence-electron chi connectivity index (χ1n) is 9.63. The molecule has 0 spiro atoms. The van der Waals surface area contributed by atoms with Crippen molar-refractivity contribution in [1.82, 2.24) is 28.7 Å². The van der Waals surface area contributed by atoms with Crippen LogP contribution in [-0.2, 0) is 11.3 Å². The zero-order valence-corrected chi connectivity index (χ0v) is 16.9. The Kier molecular flexibility index (Phi) is 4.18. The zero-order valence-electron chi connectivity index (χ0n) is 16.9. The van der Waals surface area contributed by atoms with E-state index in [0.717, 1.165) is 22.2 Å². The van der Waals surface area contributed by atoms with Crippen LogP contribution in [0.5, 0.6) is 0 Å². The maximum Gasteiger partial charge on any atom is 0.334 e. The zero-order chi connectivity index (χ0) is 21.7. The largest absolute Gasteiger partial charge is 0.480 e. The number of benzene rings is 1. The minimum atomic E-state index is -1.07. The van der Waals surface area contributed by atoms with Crippen molar-refractivity contribution in [1.29, 1.82) is 0 Å². The minimum absolute atomic E-state index is 0.411. The molecule has 0 bridgehead atoms. The van der Waals surface area contributed by atoms with Gasteiger partial charge in [0.25, 0.3) is 0 Å². The van der Waals surface area contributed by atoms with Gasteiger partial charge >= 0.3 is 11.7 Å². The predicted octanol–water partition coefficient (Wildman–Crippen LogP) is 2.60. The van der Waals surface area contributed by atoms with E-state index in [1.54, 1.807) is 41.6 Å². The van der Waals surface area contributed by atoms with Gasteiger partial charge in [-0.2, -0.15) is 5.10 Å². The second kappa shape index (κ2) is 6.91. The fourth-order valence-corrected chi connectivity index (χ4v) is 3.95. The molecule has 4 heterocycles. The second-order valence-electron chi connectivity index (χ2n) is 7.36. The highest BCUT2D eigenvalue weighted by Crippen LogP contribution is 2.27. The number of hydrogen-bond donors (Lipinski definition) is 1. The molecule has 0 aliphatic rings. The average molecular weight is 414 g/mol. The summed E-state index contributed by atoms with van der Waals surface area (Å²) in [5.41, 5.74) is 5.51. The summed E-state index contributed by atoms with van der Waals surface area (Å²) in [6.07, 6.45) is 8.52. The number of carboxylic acids is 1. The molecule has 154 valence electrons. The van der Waals surface area contributed by atoms with Crippen LogP contribution in [0.15, 0.2) is 60.0 Å². The van der Waals surface area contributed by atoms with E-state index in [1.165, 1.54) is 9.13 Å². The number of carboxylic acid groups (broad SMARTS) is 1. The van der Waals surface area contributed by atoms with Gasteiger partial charge in [-0.05, 0) is 37.1 Å². The fraction of sp³-hybridized carbons (Fsp3) is 0.136. The van der Waals surface area contributed by atoms with Crippen LogP contribution in [0.1, 0.15) is 11.1 Å². The summed E-state index contributed by atoms with van der Waals surface area (Å²) in [5, 5.41) is 13.6. The van der Waals surface area contributed by atoms with Crippen molar-refractivity contribution < 1.29 is 9.90 Å². The number of nitrogens with zero attached hydrogens (tertiary/aromatic N) is 6. The van der Waals surface area contributed by atoms with E-state index >= 15 is 0 Å². The average Bonchev–Trinajstić information content (AvgIpc) is 3.29. The highest BCUT2D eigenvalue weighted by atomic mass is 16.4. The number of carbonyl (C=O) groups is 1. The van der Waals surface area contributed by atoms with Crippen LogP contribution < -0.4 is 5.69 Å². The molecule has 0 radical (unpaired) electrons. The van der Waals surface area contributed by atoms with Crippen molar-refractivity contribution in [2.24, 2.45) is 0 Å². The molecule has 9 heteroatoms. The molecule has 0 unspecified atom stereocenters. The lowest BCUT2D eigenvalue weighted by Crippen LogP contribution is -2.26. The maximum atomic E-state index is 13.2. The highest BCUT2D eigenvalue weighted by molar-refractivity contribution is 5.83. The first-order chi connectivity index (χ1) is 15.0. The topological polar surface area (TPSA) is 107 Å². The van der Waals surface area contributed by atoms with E-state index in [0.29, 0.717) is 22.4 Å². The van der Waals surface area contributed by atoms with Crippen LogP contribution in [0, 0.1) is 13.8 Å². The van der Waals surface area contributed by atoms with E-state index in [1.807, 2.05) is 32.0 Å². The minimum Gasteiger partial charge on any atom is -0.480 e. The Morgan fingerprint density at radius 2 is 1.94 bits per heavy atom. The van der Waals surface area contributed by atoms with Crippen molar-refractivity contribution in [2.45, 2.75) is 20.4 Å². The third-order valence-electron chi connectivity index (χ3n) is 5.37. The van der Waals surface area contributed by atoms with Crippen LogP contribution in [0.25, 0.3) is 33.5 Å². The molecule has 1 aromatic carbocycles. The maximum absolute atomic E-state index is 13.2. The first-order valence-corrected chi connectivity index (χ1v) is 9.63. The Labute approximate surface area is 175 Å². The smallest absolute Gasteiger partial charge is 0.334 e. The van der Waals surface area contributed by atoms with Gasteiger partial charge in [0.05, 0.1) is 46.5 Å². The molecule has 0 aliphatic heterocycles. The molecular formula is C22H18N6O3. The van der Waals surface area contributed by atoms with Gasteiger partial charge in [0.1, 0.15) is 6.54 Å². The monoisotopic (exact) mass is 414 g/mol. The van der Waals surface area contributed by atoms with Gasteiger partial charge in [-0.15, -0.1) is 0 Å². The molecule has 0 saturated carbocycles. The summed E-state index contributed by atoms with van der Waals surface area (Å²) >= 11 is 0. The standard InChI is InChI=1S/C22H18N6O3/c1-13-4-3-5-17-21(13)28(22(31)26(17)12-20(29)30)18-11-24-16(8-14(18)2)15-9-25-27-7-6-23-10-19(15)27/h3-11H,12H2,1-2H3,(H,29,30). The summed E-state index contributed by atoms with van der Waals surface area (Å²) < 4.78 is 4.53. The van der Waals surface area contributed by atoms with E-state index in [9.17, 15) is 14.7 Å². The molecule has 5 aromatic rings. The molecule has 0 amide bonds. The van der Waals surface area contributed by atoms with Crippen LogP contribution in [-0.4, -0.2) is 39.8 Å². The Hall–Kier alpha value is -4.27. The lowest BCUT2D eigenvalue weighted by Gasteiger charge is -2.10. The Bertz CT molecular complexity index is 1540. The van der Waals surface area contributed by atoms with Crippen molar-refractivity contribution in [2.75, 3.05) is 0 Å². The molecule has 5 rings (SSSR count). The van der Waals surface area contributed by atoms with Gasteiger partial charge in [0, 0.05) is 18.0 Å². The molecule has 0 fully saturated rings. The highest BCUT2D eigenvalue weighted by Gasteiger charge is 2.20. The van der Waals surface area contributed by atoms with Crippen molar-refractivity contribution in [3.05, 3.63) is 76.9 Å². The summed E-state index contributed by atoms with van der Waals surface area (Å²) in [7, 11) is 0. The predicted molar refractivity (Wildman–Crippen MR) is 114 cm³/mol. The summed E-state index contributed by atoms with van der Waals surface area (Å²) in [6, 6.07) is 7.36. The van der Waals surface area contributed by atoms with Crippen LogP contribution in [0.4, 0.5) is 0 Å². The number of hydrogen-bond acceptors (Lipinski definition) is 5. The van der Waals surface area contributed by atoms with Crippen molar-refractivity contribution in [3.63, 3.8) is 0 Å². The lowest BCUT2D eigenvalue weighted by atomic mass is 10.1. The van der Waals surface area contributed by atoms with E-state index in [2.05, 4.69) is 15.1 Å². The van der Waals surface area contributed by atoms with Gasteiger partial charge in [-0.1, -0.05) is 12.1 Å². The molecule has 0 aliphatic carbocycles. The molecule has 1 N–H and O–H groups in total. The van der Waals surface area contributed by atoms with Gasteiger partial charge in [0.2, 0.25) is 0 Å². The van der Waals surface area contributed by atoms with E-state index < -0.39 is 18.2 Å². The normalized spacial score (nSPS) is 11.4. The summed E-state index contributed by atoms with van der Waals surface area (Å²) in [5.74, 6) is -1.07. The van der Waals surface area contributed by atoms with E-state index in [-0.39, 0.29) is 0 Å². The molecule has 31 heavy (non-hydrogen) atoms. The molecule has 0 atom stereocenters. The Morgan fingerprint density at radius 1 is 1.10 bits per heavy atom. The van der Waals surface area contributed by atoms with Crippen molar-refractivity contribution >= 4 is 22.5 Å². The first kappa shape index (κ1) is 18.7. The lowest BCUT2D eigenvalue weighted by molar-refractivity contribution is -0.137. The van der Waals surface area contributed by atoms with Gasteiger partial charge in [-0.25, -0.2) is 9.31 Å². The van der Waals surface area contributed by atoms with E-state index in [4.69, 9.17) is 0 Å². The number of aryl methyl sites for hydroxylation is 2. The van der Waals surface area contributed by atoms with Gasteiger partial charge in [0.15, 0.2) is 0 Å². The Balaban J connectivity index is 1.72. The fourth-order valence-electron chi connectivity index (χ4n) is 3.95. The van der Waals surface area contributed by atoms with Crippen molar-refractivity contribution in [3.8, 4) is 16.9 Å². The molecular weight excluding hydrogens is 396 g/mol. The number of rotatable bonds is 4. The number of pyridine rings is 1. The number of fused-ring (bicyclic) bond motifs is 2. The Morgan fingerprint density at radius 3 is 2.71 bits per heavy atom. The number of aliphatic carboxylic acids is 1. The number of imidazole rings is 1. The van der Waals surface area contributed by atoms with Crippen LogP contribution >= 0.6 is 0 Å². The SMILES string of the molecule is Cc1cc(-c2cnn3ccncc23)ncc1-n1c(=O)n(CC(=O)O)c2cccc(C)c21. The van der Waals surface area contributed by atoms with Crippen LogP contribution in [0.2, 0.25) is 0 Å². The molecule has 9 nitrogen and oxygen atoms in total. The summed E-state index contributed by atoms with van der Waals surface area (Å²) in [4.78, 5) is 33.3. The number of para-hydroxylation sites is 1. The second-order valence-corrected chi connectivity index (χ2v) is 7.36. The summed E-state index contributed by atoms with van der Waals surface area (Å²) in [6.45, 7) is 3.38. The molecule has 4 aromatic heterocycles.